The van der Waals surface area contributed by atoms with Gasteiger partial charge >= 0.3 is 5.97 Å². The maximum Gasteiger partial charge on any atom is 0.353 e. The lowest BCUT2D eigenvalue weighted by atomic mass is 10.1. The van der Waals surface area contributed by atoms with Gasteiger partial charge in [0.1, 0.15) is 5.71 Å². The molecular formula is C11H12BrNO2. The van der Waals surface area contributed by atoms with Crippen molar-refractivity contribution >= 4 is 27.6 Å². The lowest BCUT2D eigenvalue weighted by Crippen LogP contribution is -2.20. The van der Waals surface area contributed by atoms with Crippen molar-refractivity contribution in [3.63, 3.8) is 0 Å². The Morgan fingerprint density at radius 1 is 1.47 bits per heavy atom. The van der Waals surface area contributed by atoms with Crippen LogP contribution in [-0.4, -0.2) is 18.3 Å². The topological polar surface area (TPSA) is 50.2 Å². The fourth-order valence-corrected chi connectivity index (χ4v) is 1.59. The smallest absolute Gasteiger partial charge is 0.353 e. The zero-order valence-corrected chi connectivity index (χ0v) is 9.95. The normalized spacial score (nSPS) is 11.9. The zero-order chi connectivity index (χ0) is 11.3. The van der Waals surface area contributed by atoms with Crippen molar-refractivity contribution in [1.29, 1.82) is 5.41 Å². The molecular weight excluding hydrogens is 258 g/mol. The van der Waals surface area contributed by atoms with E-state index in [0.717, 1.165) is 5.56 Å². The lowest BCUT2D eigenvalue weighted by Gasteiger charge is -2.10. The number of rotatable bonds is 4. The number of hydrogen-bond acceptors (Lipinski definition) is 3. The van der Waals surface area contributed by atoms with Crippen molar-refractivity contribution in [2.45, 2.75) is 11.8 Å². The van der Waals surface area contributed by atoms with Crippen LogP contribution in [0.25, 0.3) is 0 Å². The number of ether oxygens (including phenoxy) is 1. The molecule has 1 N–H and O–H groups in total. The first-order valence-corrected chi connectivity index (χ1v) is 5.53. The third-order valence-electron chi connectivity index (χ3n) is 1.84. The van der Waals surface area contributed by atoms with Crippen molar-refractivity contribution in [3.05, 3.63) is 35.9 Å². The predicted octanol–water partition coefficient (Wildman–Crippen LogP) is 2.71. The van der Waals surface area contributed by atoms with Gasteiger partial charge in [-0.15, -0.1) is 0 Å². The van der Waals surface area contributed by atoms with E-state index in [-0.39, 0.29) is 12.3 Å². The molecule has 1 aromatic rings. The third-order valence-corrected chi connectivity index (χ3v) is 2.83. The summed E-state index contributed by atoms with van der Waals surface area (Å²) in [5.41, 5.74) is 0.790. The second-order valence-electron chi connectivity index (χ2n) is 2.91. The Balaban J connectivity index is 2.73. The number of halogens is 1. The van der Waals surface area contributed by atoms with Gasteiger partial charge < -0.3 is 4.74 Å². The van der Waals surface area contributed by atoms with Crippen LogP contribution in [0.3, 0.4) is 0 Å². The summed E-state index contributed by atoms with van der Waals surface area (Å²) in [6, 6.07) is 9.32. The Bertz CT molecular complexity index is 351. The number of alkyl halides is 1. The number of nitrogens with one attached hydrogen (secondary N) is 1. The van der Waals surface area contributed by atoms with Crippen LogP contribution in [0.4, 0.5) is 0 Å². The van der Waals surface area contributed by atoms with Gasteiger partial charge in [-0.05, 0) is 12.5 Å². The highest BCUT2D eigenvalue weighted by Crippen LogP contribution is 2.23. The molecule has 0 aromatic heterocycles. The van der Waals surface area contributed by atoms with E-state index in [1.165, 1.54) is 0 Å². The summed E-state index contributed by atoms with van der Waals surface area (Å²) in [5, 5.41) is 7.62. The van der Waals surface area contributed by atoms with Crippen LogP contribution < -0.4 is 0 Å². The molecule has 1 rings (SSSR count). The highest BCUT2D eigenvalue weighted by molar-refractivity contribution is 9.09. The van der Waals surface area contributed by atoms with Gasteiger partial charge in [-0.25, -0.2) is 4.79 Å². The van der Waals surface area contributed by atoms with Crippen LogP contribution in [0.1, 0.15) is 17.3 Å². The van der Waals surface area contributed by atoms with E-state index in [1.807, 2.05) is 30.3 Å². The standard InChI is InChI=1S/C11H12BrNO2/c1-2-15-11(14)10(13)9(12)8-6-4-3-5-7-8/h3-7,9,13H,2H2,1H3. The highest BCUT2D eigenvalue weighted by atomic mass is 79.9. The van der Waals surface area contributed by atoms with Crippen LogP contribution in [-0.2, 0) is 9.53 Å². The summed E-state index contributed by atoms with van der Waals surface area (Å²) in [4.78, 5) is 10.9. The minimum Gasteiger partial charge on any atom is -0.461 e. The minimum absolute atomic E-state index is 0.0805. The Labute approximate surface area is 97.1 Å². The molecule has 1 unspecified atom stereocenters. The first kappa shape index (κ1) is 11.9. The fourth-order valence-electron chi connectivity index (χ4n) is 1.10. The number of benzene rings is 1. The van der Waals surface area contributed by atoms with Gasteiger partial charge in [0.2, 0.25) is 0 Å². The number of hydrogen-bond donors (Lipinski definition) is 1. The molecule has 4 heteroatoms. The van der Waals surface area contributed by atoms with E-state index in [1.54, 1.807) is 6.92 Å². The average molecular weight is 270 g/mol. The van der Waals surface area contributed by atoms with E-state index >= 15 is 0 Å². The van der Waals surface area contributed by atoms with E-state index in [0.29, 0.717) is 0 Å². The van der Waals surface area contributed by atoms with E-state index in [9.17, 15) is 4.79 Å². The quantitative estimate of drug-likeness (QED) is 0.519. The molecule has 1 atom stereocenters. The molecule has 3 nitrogen and oxygen atoms in total. The summed E-state index contributed by atoms with van der Waals surface area (Å²) >= 11 is 3.30. The van der Waals surface area contributed by atoms with Crippen LogP contribution in [0.15, 0.2) is 30.3 Å². The van der Waals surface area contributed by atoms with Crippen LogP contribution in [0.2, 0.25) is 0 Å². The Hall–Kier alpha value is -1.16. The fraction of sp³-hybridized carbons (Fsp3) is 0.273. The molecule has 0 bridgehead atoms. The van der Waals surface area contributed by atoms with Gasteiger partial charge in [-0.1, -0.05) is 46.3 Å². The molecule has 0 radical (unpaired) electrons. The molecule has 0 fully saturated rings. The number of carbonyl (C=O) groups excluding carboxylic acids is 1. The molecule has 1 aromatic carbocycles. The van der Waals surface area contributed by atoms with Crippen molar-refractivity contribution in [2.75, 3.05) is 6.61 Å². The molecule has 15 heavy (non-hydrogen) atoms. The number of carbonyl (C=O) groups is 1. The van der Waals surface area contributed by atoms with Gasteiger partial charge in [0.25, 0.3) is 0 Å². The summed E-state index contributed by atoms with van der Waals surface area (Å²) in [6.07, 6.45) is 0. The molecule has 0 aliphatic carbocycles. The average Bonchev–Trinajstić information content (AvgIpc) is 2.28. The molecule has 80 valence electrons. The summed E-state index contributed by atoms with van der Waals surface area (Å²) < 4.78 is 4.75. The molecule has 0 aliphatic heterocycles. The molecule has 0 saturated heterocycles. The van der Waals surface area contributed by atoms with Gasteiger partial charge in [-0.3, -0.25) is 5.41 Å². The first-order chi connectivity index (χ1) is 7.16. The molecule has 0 heterocycles. The predicted molar refractivity (Wildman–Crippen MR) is 62.5 cm³/mol. The first-order valence-electron chi connectivity index (χ1n) is 4.61. The molecule has 0 saturated carbocycles. The Kier molecular flexibility index (Phi) is 4.49. The summed E-state index contributed by atoms with van der Waals surface area (Å²) in [7, 11) is 0. The zero-order valence-electron chi connectivity index (χ0n) is 8.37. The highest BCUT2D eigenvalue weighted by Gasteiger charge is 2.20. The molecule has 0 spiro atoms. The largest absolute Gasteiger partial charge is 0.461 e. The van der Waals surface area contributed by atoms with Gasteiger partial charge in [0.05, 0.1) is 11.4 Å². The Morgan fingerprint density at radius 3 is 2.60 bits per heavy atom. The van der Waals surface area contributed by atoms with Crippen molar-refractivity contribution in [3.8, 4) is 0 Å². The maximum atomic E-state index is 11.3. The monoisotopic (exact) mass is 269 g/mol. The molecule has 0 amide bonds. The second kappa shape index (κ2) is 5.66. The van der Waals surface area contributed by atoms with Gasteiger partial charge in [-0.2, -0.15) is 0 Å². The van der Waals surface area contributed by atoms with Gasteiger partial charge in [0.15, 0.2) is 0 Å². The Morgan fingerprint density at radius 2 is 2.07 bits per heavy atom. The number of esters is 1. The summed E-state index contributed by atoms with van der Waals surface area (Å²) in [6.45, 7) is 2.01. The second-order valence-corrected chi connectivity index (χ2v) is 3.82. The van der Waals surface area contributed by atoms with Crippen molar-refractivity contribution in [1.82, 2.24) is 0 Å². The SMILES string of the molecule is CCOC(=O)C(=N)C(Br)c1ccccc1. The van der Waals surface area contributed by atoms with Crippen LogP contribution in [0, 0.1) is 5.41 Å². The van der Waals surface area contributed by atoms with Crippen LogP contribution >= 0.6 is 15.9 Å². The van der Waals surface area contributed by atoms with E-state index in [2.05, 4.69) is 15.9 Å². The lowest BCUT2D eigenvalue weighted by molar-refractivity contribution is -0.135. The third kappa shape index (κ3) is 3.16. The maximum absolute atomic E-state index is 11.3. The summed E-state index contributed by atoms with van der Waals surface area (Å²) in [5.74, 6) is -0.580. The van der Waals surface area contributed by atoms with E-state index < -0.39 is 10.8 Å². The molecule has 0 aliphatic rings. The minimum atomic E-state index is -0.580. The van der Waals surface area contributed by atoms with Gasteiger partial charge in [0, 0.05) is 0 Å². The van der Waals surface area contributed by atoms with E-state index in [4.69, 9.17) is 10.1 Å². The van der Waals surface area contributed by atoms with Crippen molar-refractivity contribution in [2.24, 2.45) is 0 Å². The van der Waals surface area contributed by atoms with Crippen molar-refractivity contribution < 1.29 is 9.53 Å². The van der Waals surface area contributed by atoms with Crippen LogP contribution in [0.5, 0.6) is 0 Å².